The minimum Gasteiger partial charge on any atom is -0.351 e. The van der Waals surface area contributed by atoms with Crippen LogP contribution in [0.25, 0.3) is 11.2 Å². The number of halogens is 3. The van der Waals surface area contributed by atoms with Crippen LogP contribution in [0.5, 0.6) is 0 Å². The van der Waals surface area contributed by atoms with Gasteiger partial charge in [-0.3, -0.25) is 0 Å². The SMILES string of the molecule is CSc1nc(N[C@@H]2CCC3=C(C2)c2ccccc2C3)n2ncc(C(F)(F)F)c2n1. The fraction of sp³-hybridized carbons (Fsp3) is 0.350. The van der Waals surface area contributed by atoms with Crippen LogP contribution in [0, 0.1) is 0 Å². The van der Waals surface area contributed by atoms with E-state index in [4.69, 9.17) is 0 Å². The van der Waals surface area contributed by atoms with Crippen molar-refractivity contribution in [2.75, 3.05) is 11.6 Å². The highest BCUT2D eigenvalue weighted by atomic mass is 32.2. The number of aromatic nitrogens is 4. The number of anilines is 1. The Balaban J connectivity index is 1.48. The maximum Gasteiger partial charge on any atom is 0.421 e. The molecule has 0 amide bonds. The van der Waals surface area contributed by atoms with E-state index in [1.54, 1.807) is 6.26 Å². The fourth-order valence-electron chi connectivity index (χ4n) is 4.23. The molecule has 0 saturated carbocycles. The minimum atomic E-state index is -4.51. The summed E-state index contributed by atoms with van der Waals surface area (Å²) in [5, 5.41) is 7.54. The summed E-state index contributed by atoms with van der Waals surface area (Å²) in [5.41, 5.74) is 4.41. The number of hydrogen-bond donors (Lipinski definition) is 1. The Morgan fingerprint density at radius 1 is 1.21 bits per heavy atom. The molecule has 2 aromatic heterocycles. The summed E-state index contributed by atoms with van der Waals surface area (Å²) in [6, 6.07) is 8.50. The monoisotopic (exact) mass is 417 g/mol. The second kappa shape index (κ2) is 6.76. The third-order valence-corrected chi connectivity index (χ3v) is 6.13. The molecule has 0 fully saturated rings. The Morgan fingerprint density at radius 2 is 2.03 bits per heavy atom. The Bertz CT molecular complexity index is 1130. The third-order valence-electron chi connectivity index (χ3n) is 5.59. The normalized spacial score (nSPS) is 18.8. The molecule has 5 rings (SSSR count). The number of nitrogens with zero attached hydrogens (tertiary/aromatic N) is 4. The van der Waals surface area contributed by atoms with Crippen molar-refractivity contribution in [1.82, 2.24) is 19.6 Å². The van der Waals surface area contributed by atoms with Gasteiger partial charge in [0.1, 0.15) is 5.56 Å². The highest BCUT2D eigenvalue weighted by molar-refractivity contribution is 7.98. The average Bonchev–Trinajstić information content (AvgIpc) is 3.29. The van der Waals surface area contributed by atoms with Crippen LogP contribution >= 0.6 is 11.8 Å². The zero-order chi connectivity index (χ0) is 20.2. The van der Waals surface area contributed by atoms with Crippen LogP contribution in [-0.2, 0) is 12.6 Å². The lowest BCUT2D eigenvalue weighted by Crippen LogP contribution is -2.25. The molecule has 2 aliphatic carbocycles. The number of hydrogen-bond acceptors (Lipinski definition) is 5. The summed E-state index contributed by atoms with van der Waals surface area (Å²) in [6.45, 7) is 0. The number of rotatable bonds is 3. The summed E-state index contributed by atoms with van der Waals surface area (Å²) in [4.78, 5) is 8.44. The second-order valence-electron chi connectivity index (χ2n) is 7.33. The van der Waals surface area contributed by atoms with Crippen LogP contribution in [-0.4, -0.2) is 31.9 Å². The highest BCUT2D eigenvalue weighted by Crippen LogP contribution is 2.42. The lowest BCUT2D eigenvalue weighted by atomic mass is 9.88. The summed E-state index contributed by atoms with van der Waals surface area (Å²) in [5.74, 6) is 0.301. The van der Waals surface area contributed by atoms with Crippen LogP contribution in [0.3, 0.4) is 0 Å². The van der Waals surface area contributed by atoms with E-state index < -0.39 is 11.7 Å². The van der Waals surface area contributed by atoms with E-state index in [0.29, 0.717) is 5.95 Å². The van der Waals surface area contributed by atoms with Crippen molar-refractivity contribution in [3.05, 3.63) is 52.7 Å². The smallest absolute Gasteiger partial charge is 0.351 e. The van der Waals surface area contributed by atoms with Gasteiger partial charge in [-0.15, -0.1) is 0 Å². The maximum atomic E-state index is 13.3. The first-order chi connectivity index (χ1) is 13.9. The predicted octanol–water partition coefficient (Wildman–Crippen LogP) is 4.84. The Morgan fingerprint density at radius 3 is 2.83 bits per heavy atom. The number of fused-ring (bicyclic) bond motifs is 3. The van der Waals surface area contributed by atoms with Crippen molar-refractivity contribution in [2.24, 2.45) is 0 Å². The molecule has 9 heteroatoms. The zero-order valence-electron chi connectivity index (χ0n) is 15.6. The van der Waals surface area contributed by atoms with Gasteiger partial charge in [-0.2, -0.15) is 27.8 Å². The van der Waals surface area contributed by atoms with Crippen molar-refractivity contribution < 1.29 is 13.2 Å². The van der Waals surface area contributed by atoms with Crippen molar-refractivity contribution in [2.45, 2.75) is 43.1 Å². The Labute approximate surface area is 169 Å². The molecule has 2 aliphatic rings. The average molecular weight is 417 g/mol. The zero-order valence-corrected chi connectivity index (χ0v) is 16.4. The van der Waals surface area contributed by atoms with Gasteiger partial charge in [0.2, 0.25) is 5.95 Å². The number of benzene rings is 1. The molecule has 1 atom stereocenters. The van der Waals surface area contributed by atoms with Crippen molar-refractivity contribution in [1.29, 1.82) is 0 Å². The second-order valence-corrected chi connectivity index (χ2v) is 8.10. The minimum absolute atomic E-state index is 0.0752. The lowest BCUT2D eigenvalue weighted by molar-refractivity contribution is -0.136. The standard InChI is InChI=1S/C20H18F3N5S/c1-29-19-26-17-16(20(21,22)23)10-24-28(17)18(27-19)25-13-7-6-12-8-11-4-2-3-5-14(11)15(12)9-13/h2-5,10,13H,6-9H2,1H3,(H,25,26,27)/t13-/m1/s1. The topological polar surface area (TPSA) is 55.1 Å². The van der Waals surface area contributed by atoms with E-state index in [-0.39, 0.29) is 16.8 Å². The number of nitrogens with one attached hydrogen (secondary N) is 1. The van der Waals surface area contributed by atoms with Gasteiger partial charge in [0.05, 0.1) is 6.20 Å². The molecular formula is C20H18F3N5S. The van der Waals surface area contributed by atoms with E-state index >= 15 is 0 Å². The van der Waals surface area contributed by atoms with Crippen LogP contribution < -0.4 is 5.32 Å². The van der Waals surface area contributed by atoms with Gasteiger partial charge < -0.3 is 5.32 Å². The van der Waals surface area contributed by atoms with Crippen LogP contribution in [0.4, 0.5) is 19.1 Å². The highest BCUT2D eigenvalue weighted by Gasteiger charge is 2.36. The molecule has 5 nitrogen and oxygen atoms in total. The molecule has 0 spiro atoms. The molecule has 0 radical (unpaired) electrons. The largest absolute Gasteiger partial charge is 0.421 e. The predicted molar refractivity (Wildman–Crippen MR) is 106 cm³/mol. The van der Waals surface area contributed by atoms with Crippen molar-refractivity contribution in [3.63, 3.8) is 0 Å². The molecule has 0 aliphatic heterocycles. The summed E-state index contributed by atoms with van der Waals surface area (Å²) < 4.78 is 41.1. The van der Waals surface area contributed by atoms with Crippen molar-refractivity contribution >= 4 is 28.9 Å². The first-order valence-electron chi connectivity index (χ1n) is 9.36. The van der Waals surface area contributed by atoms with Gasteiger partial charge in [-0.25, -0.2) is 4.98 Å². The van der Waals surface area contributed by atoms with Gasteiger partial charge in [0, 0.05) is 6.04 Å². The van der Waals surface area contributed by atoms with E-state index in [0.717, 1.165) is 36.4 Å². The molecule has 150 valence electrons. The molecule has 3 aromatic rings. The summed E-state index contributed by atoms with van der Waals surface area (Å²) in [7, 11) is 0. The molecule has 1 N–H and O–H groups in total. The molecular weight excluding hydrogens is 399 g/mol. The van der Waals surface area contributed by atoms with Gasteiger partial charge >= 0.3 is 6.18 Å². The van der Waals surface area contributed by atoms with Gasteiger partial charge in [-0.05, 0) is 48.6 Å². The van der Waals surface area contributed by atoms with Gasteiger partial charge in [-0.1, -0.05) is 41.6 Å². The lowest BCUT2D eigenvalue weighted by Gasteiger charge is -2.26. The van der Waals surface area contributed by atoms with E-state index in [2.05, 4.69) is 38.6 Å². The van der Waals surface area contributed by atoms with Crippen LogP contribution in [0.2, 0.25) is 0 Å². The van der Waals surface area contributed by atoms with E-state index in [1.165, 1.54) is 34.0 Å². The molecule has 29 heavy (non-hydrogen) atoms. The summed E-state index contributed by atoms with van der Waals surface area (Å²) in [6.07, 6.45) is 1.74. The van der Waals surface area contributed by atoms with E-state index in [9.17, 15) is 13.2 Å². The molecule has 1 aromatic carbocycles. The number of alkyl halides is 3. The maximum absolute atomic E-state index is 13.3. The fourth-order valence-corrected chi connectivity index (χ4v) is 4.59. The first kappa shape index (κ1) is 18.5. The molecule has 0 bridgehead atoms. The first-order valence-corrected chi connectivity index (χ1v) is 10.6. The molecule has 0 saturated heterocycles. The Hall–Kier alpha value is -2.55. The third kappa shape index (κ3) is 3.17. The van der Waals surface area contributed by atoms with Crippen LogP contribution in [0.15, 0.2) is 41.2 Å². The molecule has 0 unspecified atom stereocenters. The van der Waals surface area contributed by atoms with Crippen LogP contribution in [0.1, 0.15) is 36.0 Å². The quantitative estimate of drug-likeness (QED) is 0.618. The van der Waals surface area contributed by atoms with Crippen molar-refractivity contribution in [3.8, 4) is 0 Å². The van der Waals surface area contributed by atoms with E-state index in [1.807, 2.05) is 6.07 Å². The number of thioether (sulfide) groups is 1. The molecule has 2 heterocycles. The van der Waals surface area contributed by atoms with Gasteiger partial charge in [0.25, 0.3) is 0 Å². The Kier molecular flexibility index (Phi) is 4.31. The summed E-state index contributed by atoms with van der Waals surface area (Å²) >= 11 is 1.21. The van der Waals surface area contributed by atoms with Gasteiger partial charge in [0.15, 0.2) is 10.8 Å². The number of allylic oxidation sites excluding steroid dienone is 1.